The van der Waals surface area contributed by atoms with Gasteiger partial charge in [-0.25, -0.2) is 4.79 Å². The smallest absolute Gasteiger partial charge is 0.326 e. The number of aliphatic carboxylic acids is 1. The van der Waals surface area contributed by atoms with Crippen molar-refractivity contribution < 1.29 is 24.2 Å². The van der Waals surface area contributed by atoms with E-state index in [1.54, 1.807) is 55.6 Å². The van der Waals surface area contributed by atoms with E-state index in [0.29, 0.717) is 29.2 Å². The number of rotatable bonds is 12. The third-order valence-electron chi connectivity index (χ3n) is 6.06. The molecule has 188 valence electrons. The second-order valence-electron chi connectivity index (χ2n) is 8.57. The van der Waals surface area contributed by atoms with Gasteiger partial charge in [-0.3, -0.25) is 4.79 Å². The molecule has 4 aromatic carbocycles. The molecule has 0 saturated carbocycles. The van der Waals surface area contributed by atoms with Gasteiger partial charge in [0, 0.05) is 30.3 Å². The molecule has 0 aliphatic heterocycles. The Kier molecular flexibility index (Phi) is 8.68. The van der Waals surface area contributed by atoms with Crippen molar-refractivity contribution in [3.8, 4) is 5.75 Å². The van der Waals surface area contributed by atoms with Gasteiger partial charge in [0.05, 0.1) is 0 Å². The van der Waals surface area contributed by atoms with Gasteiger partial charge in [0.25, 0.3) is 0 Å². The highest BCUT2D eigenvalue weighted by Crippen LogP contribution is 2.23. The molecule has 0 radical (unpaired) electrons. The number of ether oxygens (including phenoxy) is 2. The summed E-state index contributed by atoms with van der Waals surface area (Å²) < 4.78 is 11.5. The minimum absolute atomic E-state index is 0.167. The molecule has 0 bridgehead atoms. The van der Waals surface area contributed by atoms with Crippen LogP contribution in [0.1, 0.15) is 33.2 Å². The predicted octanol–water partition coefficient (Wildman–Crippen LogP) is 5.79. The first-order valence-corrected chi connectivity index (χ1v) is 12.0. The average Bonchev–Trinajstić information content (AvgIpc) is 2.95. The Balaban J connectivity index is 1.42. The molecule has 0 heterocycles. The first kappa shape index (κ1) is 25.7. The average molecular weight is 496 g/mol. The summed E-state index contributed by atoms with van der Waals surface area (Å²) in [7, 11) is 1.65. The van der Waals surface area contributed by atoms with Gasteiger partial charge >= 0.3 is 5.97 Å². The first-order chi connectivity index (χ1) is 18.0. The van der Waals surface area contributed by atoms with Gasteiger partial charge in [0.15, 0.2) is 5.78 Å². The molecular weight excluding hydrogens is 466 g/mol. The number of anilines is 1. The Morgan fingerprint density at radius 2 is 1.43 bits per heavy atom. The van der Waals surface area contributed by atoms with Crippen LogP contribution < -0.4 is 10.1 Å². The van der Waals surface area contributed by atoms with Crippen LogP contribution in [0.3, 0.4) is 0 Å². The molecule has 0 fully saturated rings. The zero-order valence-electron chi connectivity index (χ0n) is 20.5. The fraction of sp³-hybridized carbons (Fsp3) is 0.161. The quantitative estimate of drug-likeness (QED) is 0.242. The van der Waals surface area contributed by atoms with Crippen molar-refractivity contribution in [1.29, 1.82) is 0 Å². The van der Waals surface area contributed by atoms with Crippen LogP contribution in [0.4, 0.5) is 5.69 Å². The number of nitrogens with one attached hydrogen (secondary N) is 1. The molecule has 4 rings (SSSR count). The number of carboxylic acid groups (broad SMARTS) is 1. The number of carbonyl (C=O) groups excluding carboxylic acids is 1. The van der Waals surface area contributed by atoms with Crippen molar-refractivity contribution in [3.05, 3.63) is 131 Å². The fourth-order valence-corrected chi connectivity index (χ4v) is 4.04. The molecule has 6 heteroatoms. The molecule has 0 saturated heterocycles. The zero-order chi connectivity index (χ0) is 26.0. The van der Waals surface area contributed by atoms with Crippen LogP contribution in [0.2, 0.25) is 0 Å². The van der Waals surface area contributed by atoms with Crippen LogP contribution >= 0.6 is 0 Å². The van der Waals surface area contributed by atoms with E-state index in [1.165, 1.54) is 0 Å². The lowest BCUT2D eigenvalue weighted by Crippen LogP contribution is -2.32. The normalized spacial score (nSPS) is 12.4. The number of hydrogen-bond donors (Lipinski definition) is 2. The van der Waals surface area contributed by atoms with Crippen LogP contribution in [0, 0.1) is 0 Å². The van der Waals surface area contributed by atoms with Crippen molar-refractivity contribution in [2.45, 2.75) is 18.6 Å². The molecule has 0 spiro atoms. The van der Waals surface area contributed by atoms with Crippen LogP contribution in [0.25, 0.3) is 0 Å². The van der Waals surface area contributed by atoms with Gasteiger partial charge in [-0.05, 0) is 35.4 Å². The Morgan fingerprint density at radius 1 is 0.811 bits per heavy atom. The van der Waals surface area contributed by atoms with Crippen molar-refractivity contribution in [3.63, 3.8) is 0 Å². The Morgan fingerprint density at radius 3 is 2.08 bits per heavy atom. The second-order valence-corrected chi connectivity index (χ2v) is 8.57. The van der Waals surface area contributed by atoms with E-state index in [0.717, 1.165) is 11.1 Å². The summed E-state index contributed by atoms with van der Waals surface area (Å²) in [4.78, 5) is 25.1. The summed E-state index contributed by atoms with van der Waals surface area (Å²) in [6.45, 7) is 0.353. The predicted molar refractivity (Wildman–Crippen MR) is 143 cm³/mol. The summed E-state index contributed by atoms with van der Waals surface area (Å²) in [6, 6.07) is 32.1. The highest BCUT2D eigenvalue weighted by Gasteiger charge is 2.21. The summed E-state index contributed by atoms with van der Waals surface area (Å²) in [5.41, 5.74) is 3.31. The Hall–Kier alpha value is -4.42. The molecular formula is C31H29NO5. The summed E-state index contributed by atoms with van der Waals surface area (Å²) in [5.74, 6) is -0.507. The van der Waals surface area contributed by atoms with E-state index in [4.69, 9.17) is 9.47 Å². The Bertz CT molecular complexity index is 1310. The standard InChI is InChI=1S/C31H29NO5/c1-36-29(23-10-4-2-5-11-23)21-37-25-18-16-22(17-19-25)20-28(31(34)35)32-27-15-9-8-14-26(27)30(33)24-12-6-3-7-13-24/h2-19,28-29,32H,20-21H2,1H3,(H,34,35)/t28-,29?/m0/s1. The van der Waals surface area contributed by atoms with Crippen LogP contribution in [0.15, 0.2) is 109 Å². The molecule has 0 aliphatic carbocycles. The number of carbonyl (C=O) groups is 2. The maximum absolute atomic E-state index is 13.0. The number of para-hydroxylation sites is 1. The van der Waals surface area contributed by atoms with E-state index >= 15 is 0 Å². The zero-order valence-corrected chi connectivity index (χ0v) is 20.5. The fourth-order valence-electron chi connectivity index (χ4n) is 4.04. The van der Waals surface area contributed by atoms with Crippen LogP contribution in [-0.4, -0.2) is 36.6 Å². The van der Waals surface area contributed by atoms with Crippen LogP contribution in [-0.2, 0) is 16.0 Å². The summed E-state index contributed by atoms with van der Waals surface area (Å²) >= 11 is 0. The lowest BCUT2D eigenvalue weighted by molar-refractivity contribution is -0.137. The Labute approximate surface area is 216 Å². The maximum atomic E-state index is 13.0. The number of benzene rings is 4. The highest BCUT2D eigenvalue weighted by atomic mass is 16.5. The molecule has 2 atom stereocenters. The lowest BCUT2D eigenvalue weighted by Gasteiger charge is -2.19. The maximum Gasteiger partial charge on any atom is 0.326 e. The minimum Gasteiger partial charge on any atom is -0.491 e. The lowest BCUT2D eigenvalue weighted by atomic mass is 10.00. The van der Waals surface area contributed by atoms with Gasteiger partial charge in [-0.2, -0.15) is 0 Å². The monoisotopic (exact) mass is 495 g/mol. The molecule has 2 N–H and O–H groups in total. The SMILES string of the molecule is COC(COc1ccc(C[C@H](Nc2ccccc2C(=O)c2ccccc2)C(=O)O)cc1)c1ccccc1. The van der Waals surface area contributed by atoms with Crippen LogP contribution in [0.5, 0.6) is 5.75 Å². The van der Waals surface area contributed by atoms with Crippen molar-refractivity contribution >= 4 is 17.4 Å². The van der Waals surface area contributed by atoms with Gasteiger partial charge in [-0.1, -0.05) is 84.9 Å². The molecule has 37 heavy (non-hydrogen) atoms. The van der Waals surface area contributed by atoms with Gasteiger partial charge in [0.2, 0.25) is 0 Å². The number of methoxy groups -OCH3 is 1. The topological polar surface area (TPSA) is 84.9 Å². The van der Waals surface area contributed by atoms with Crippen molar-refractivity contribution in [2.24, 2.45) is 0 Å². The van der Waals surface area contributed by atoms with Gasteiger partial charge in [0.1, 0.15) is 24.5 Å². The van der Waals surface area contributed by atoms with Gasteiger partial charge in [-0.15, -0.1) is 0 Å². The minimum atomic E-state index is -1.01. The van der Waals surface area contributed by atoms with E-state index in [-0.39, 0.29) is 18.3 Å². The molecule has 0 aromatic heterocycles. The molecule has 0 aliphatic rings. The summed E-state index contributed by atoms with van der Waals surface area (Å²) in [5, 5.41) is 13.0. The number of carboxylic acids is 1. The summed E-state index contributed by atoms with van der Waals surface area (Å²) in [6.07, 6.45) is 0.0360. The molecule has 1 unspecified atom stereocenters. The van der Waals surface area contributed by atoms with E-state index < -0.39 is 12.0 Å². The second kappa shape index (κ2) is 12.5. The number of hydrogen-bond acceptors (Lipinski definition) is 5. The third kappa shape index (κ3) is 6.84. The van der Waals surface area contributed by atoms with Gasteiger partial charge < -0.3 is 19.9 Å². The highest BCUT2D eigenvalue weighted by molar-refractivity contribution is 6.12. The van der Waals surface area contributed by atoms with E-state index in [9.17, 15) is 14.7 Å². The molecule has 6 nitrogen and oxygen atoms in total. The first-order valence-electron chi connectivity index (χ1n) is 12.0. The van der Waals surface area contributed by atoms with Crippen molar-refractivity contribution in [1.82, 2.24) is 0 Å². The van der Waals surface area contributed by atoms with Crippen molar-refractivity contribution in [2.75, 3.05) is 19.0 Å². The van der Waals surface area contributed by atoms with E-state index in [1.807, 2.05) is 60.7 Å². The molecule has 4 aromatic rings. The van der Waals surface area contributed by atoms with E-state index in [2.05, 4.69) is 5.32 Å². The molecule has 0 amide bonds. The number of ketones is 1. The third-order valence-corrected chi connectivity index (χ3v) is 6.06. The largest absolute Gasteiger partial charge is 0.491 e.